The average molecular weight is 426 g/mol. The molecule has 0 radical (unpaired) electrons. The summed E-state index contributed by atoms with van der Waals surface area (Å²) in [5.41, 5.74) is 0.700. The lowest BCUT2D eigenvalue weighted by Crippen LogP contribution is -2.48. The van der Waals surface area contributed by atoms with Crippen LogP contribution in [0.3, 0.4) is 0 Å². The first-order valence-electron chi connectivity index (χ1n) is 9.67. The molecule has 2 saturated heterocycles. The quantitative estimate of drug-likeness (QED) is 0.558. The van der Waals surface area contributed by atoms with E-state index >= 15 is 0 Å². The first kappa shape index (κ1) is 22.9. The summed E-state index contributed by atoms with van der Waals surface area (Å²) < 4.78 is 0. The SMILES string of the molecule is CC(=O)N1CCN(c2ccc(C(=O)NC3CCNCC3C)cc2[N+](=O)[O-])CC1.Cl. The van der Waals surface area contributed by atoms with Crippen molar-refractivity contribution in [1.29, 1.82) is 0 Å². The summed E-state index contributed by atoms with van der Waals surface area (Å²) in [5, 5.41) is 17.9. The Balaban J connectivity index is 0.00000300. The summed E-state index contributed by atoms with van der Waals surface area (Å²) >= 11 is 0. The van der Waals surface area contributed by atoms with Crippen LogP contribution in [-0.2, 0) is 4.79 Å². The Morgan fingerprint density at radius 3 is 2.52 bits per heavy atom. The first-order valence-corrected chi connectivity index (χ1v) is 9.67. The maximum absolute atomic E-state index is 12.6. The van der Waals surface area contributed by atoms with Gasteiger partial charge in [-0.3, -0.25) is 19.7 Å². The Labute approximate surface area is 176 Å². The van der Waals surface area contributed by atoms with Gasteiger partial charge in [0.1, 0.15) is 5.69 Å². The van der Waals surface area contributed by atoms with Gasteiger partial charge in [0.25, 0.3) is 11.6 Å². The number of amides is 2. The summed E-state index contributed by atoms with van der Waals surface area (Å²) in [7, 11) is 0. The number of carbonyl (C=O) groups is 2. The lowest BCUT2D eigenvalue weighted by atomic mass is 9.95. The molecule has 0 bridgehead atoms. The van der Waals surface area contributed by atoms with Crippen molar-refractivity contribution < 1.29 is 14.5 Å². The fourth-order valence-electron chi connectivity index (χ4n) is 3.82. The number of piperazine rings is 1. The maximum atomic E-state index is 12.6. The van der Waals surface area contributed by atoms with E-state index in [1.54, 1.807) is 17.0 Å². The van der Waals surface area contributed by atoms with Crippen LogP contribution in [0.2, 0.25) is 0 Å². The molecular weight excluding hydrogens is 398 g/mol. The highest BCUT2D eigenvalue weighted by atomic mass is 35.5. The molecule has 2 aliphatic heterocycles. The third kappa shape index (κ3) is 5.36. The molecule has 2 N–H and O–H groups in total. The fourth-order valence-corrected chi connectivity index (χ4v) is 3.82. The Morgan fingerprint density at radius 2 is 1.93 bits per heavy atom. The Morgan fingerprint density at radius 1 is 1.24 bits per heavy atom. The molecule has 2 aliphatic rings. The molecule has 0 spiro atoms. The number of piperidine rings is 1. The number of rotatable bonds is 4. The second-order valence-corrected chi connectivity index (χ2v) is 7.50. The molecule has 2 unspecified atom stereocenters. The van der Waals surface area contributed by atoms with Crippen molar-refractivity contribution in [3.8, 4) is 0 Å². The summed E-state index contributed by atoms with van der Waals surface area (Å²) in [6.45, 7) is 7.40. The minimum Gasteiger partial charge on any atom is -0.362 e. The second-order valence-electron chi connectivity index (χ2n) is 7.50. The topological polar surface area (TPSA) is 108 Å². The molecule has 2 amide bonds. The van der Waals surface area contributed by atoms with Crippen molar-refractivity contribution in [2.75, 3.05) is 44.2 Å². The standard InChI is InChI=1S/C19H27N5O4.ClH/c1-13-12-20-6-5-16(13)21-19(26)15-3-4-17(18(11-15)24(27)28)23-9-7-22(8-10-23)14(2)25;/h3-4,11,13,16,20H,5-10,12H2,1-2H3,(H,21,26);1H. The largest absolute Gasteiger partial charge is 0.362 e. The van der Waals surface area contributed by atoms with Crippen molar-refractivity contribution in [3.63, 3.8) is 0 Å². The van der Waals surface area contributed by atoms with E-state index in [1.807, 2.05) is 4.90 Å². The van der Waals surface area contributed by atoms with Crippen molar-refractivity contribution in [1.82, 2.24) is 15.5 Å². The van der Waals surface area contributed by atoms with Crippen LogP contribution in [0.25, 0.3) is 0 Å². The number of anilines is 1. The lowest BCUT2D eigenvalue weighted by Gasteiger charge is -2.35. The number of nitrogens with one attached hydrogen (secondary N) is 2. The van der Waals surface area contributed by atoms with E-state index in [-0.39, 0.29) is 36.0 Å². The molecule has 0 aromatic heterocycles. The summed E-state index contributed by atoms with van der Waals surface area (Å²) in [5.74, 6) is 0.0349. The van der Waals surface area contributed by atoms with E-state index in [9.17, 15) is 19.7 Å². The summed E-state index contributed by atoms with van der Waals surface area (Å²) in [6.07, 6.45) is 0.841. The smallest absolute Gasteiger partial charge is 0.293 e. The molecule has 9 nitrogen and oxygen atoms in total. The average Bonchev–Trinajstić information content (AvgIpc) is 2.69. The van der Waals surface area contributed by atoms with Gasteiger partial charge in [0.2, 0.25) is 5.91 Å². The minimum atomic E-state index is -0.448. The van der Waals surface area contributed by atoms with Crippen LogP contribution in [0, 0.1) is 16.0 Å². The molecule has 29 heavy (non-hydrogen) atoms. The number of nitro groups is 1. The number of benzene rings is 1. The van der Waals surface area contributed by atoms with Gasteiger partial charge in [0.15, 0.2) is 0 Å². The van der Waals surface area contributed by atoms with Gasteiger partial charge in [-0.1, -0.05) is 6.92 Å². The van der Waals surface area contributed by atoms with Gasteiger partial charge in [-0.05, 0) is 37.6 Å². The molecule has 0 aliphatic carbocycles. The monoisotopic (exact) mass is 425 g/mol. The Hall–Kier alpha value is -2.39. The maximum Gasteiger partial charge on any atom is 0.293 e. The number of carbonyl (C=O) groups excluding carboxylic acids is 2. The Kier molecular flexibility index (Phi) is 7.80. The Bertz CT molecular complexity index is 767. The van der Waals surface area contributed by atoms with Gasteiger partial charge in [-0.25, -0.2) is 0 Å². The van der Waals surface area contributed by atoms with Gasteiger partial charge < -0.3 is 20.4 Å². The van der Waals surface area contributed by atoms with Crippen molar-refractivity contribution in [2.45, 2.75) is 26.3 Å². The van der Waals surface area contributed by atoms with Crippen LogP contribution in [0.1, 0.15) is 30.6 Å². The number of nitrogens with zero attached hydrogens (tertiary/aromatic N) is 3. The van der Waals surface area contributed by atoms with Crippen LogP contribution in [0.5, 0.6) is 0 Å². The molecule has 0 saturated carbocycles. The van der Waals surface area contributed by atoms with Gasteiger partial charge in [0.05, 0.1) is 4.92 Å². The molecule has 2 atom stereocenters. The highest BCUT2D eigenvalue weighted by molar-refractivity contribution is 5.96. The normalized spacial score (nSPS) is 21.9. The molecule has 2 heterocycles. The van der Waals surface area contributed by atoms with E-state index in [0.29, 0.717) is 43.3 Å². The molecular formula is C19H28ClN5O4. The molecule has 3 rings (SSSR count). The van der Waals surface area contributed by atoms with Gasteiger partial charge in [-0.2, -0.15) is 0 Å². The number of halogens is 1. The van der Waals surface area contributed by atoms with Crippen LogP contribution >= 0.6 is 12.4 Å². The predicted octanol–water partition coefficient (Wildman–Crippen LogP) is 1.41. The molecule has 1 aromatic rings. The minimum absolute atomic E-state index is 0. The fraction of sp³-hybridized carbons (Fsp3) is 0.579. The van der Waals surface area contributed by atoms with E-state index in [1.165, 1.54) is 13.0 Å². The van der Waals surface area contributed by atoms with Crippen molar-refractivity contribution in [3.05, 3.63) is 33.9 Å². The third-order valence-corrected chi connectivity index (χ3v) is 5.60. The van der Waals surface area contributed by atoms with Gasteiger partial charge >= 0.3 is 0 Å². The zero-order chi connectivity index (χ0) is 20.3. The number of hydrogen-bond acceptors (Lipinski definition) is 6. The predicted molar refractivity (Wildman–Crippen MR) is 113 cm³/mol. The van der Waals surface area contributed by atoms with Crippen molar-refractivity contribution >= 4 is 35.6 Å². The molecule has 160 valence electrons. The van der Waals surface area contributed by atoms with Crippen LogP contribution in [-0.4, -0.2) is 66.9 Å². The molecule has 2 fully saturated rings. The molecule has 10 heteroatoms. The highest BCUT2D eigenvalue weighted by Gasteiger charge is 2.27. The van der Waals surface area contributed by atoms with E-state index < -0.39 is 4.92 Å². The van der Waals surface area contributed by atoms with E-state index in [2.05, 4.69) is 17.6 Å². The zero-order valence-electron chi connectivity index (χ0n) is 16.7. The zero-order valence-corrected chi connectivity index (χ0v) is 17.5. The van der Waals surface area contributed by atoms with Crippen LogP contribution in [0.4, 0.5) is 11.4 Å². The molecule has 1 aromatic carbocycles. The third-order valence-electron chi connectivity index (χ3n) is 5.60. The van der Waals surface area contributed by atoms with E-state index in [4.69, 9.17) is 0 Å². The summed E-state index contributed by atoms with van der Waals surface area (Å²) in [6, 6.07) is 4.70. The lowest BCUT2D eigenvalue weighted by molar-refractivity contribution is -0.384. The summed E-state index contributed by atoms with van der Waals surface area (Å²) in [4.78, 5) is 38.9. The van der Waals surface area contributed by atoms with Crippen LogP contribution < -0.4 is 15.5 Å². The van der Waals surface area contributed by atoms with Gasteiger partial charge in [0, 0.05) is 50.8 Å². The number of nitro benzene ring substituents is 1. The first-order chi connectivity index (χ1) is 13.4. The second kappa shape index (κ2) is 9.89. The highest BCUT2D eigenvalue weighted by Crippen LogP contribution is 2.30. The van der Waals surface area contributed by atoms with Crippen LogP contribution in [0.15, 0.2) is 18.2 Å². The number of hydrogen-bond donors (Lipinski definition) is 2. The van der Waals surface area contributed by atoms with Crippen molar-refractivity contribution in [2.24, 2.45) is 5.92 Å². The van der Waals surface area contributed by atoms with Gasteiger partial charge in [-0.15, -0.1) is 12.4 Å². The van der Waals surface area contributed by atoms with E-state index in [0.717, 1.165) is 19.5 Å².